The minimum absolute atomic E-state index is 0.241. The topological polar surface area (TPSA) is 34.4 Å². The summed E-state index contributed by atoms with van der Waals surface area (Å²) in [5, 5.41) is 3.26. The van der Waals surface area contributed by atoms with Crippen LogP contribution in [0.2, 0.25) is 0 Å². The summed E-state index contributed by atoms with van der Waals surface area (Å²) in [5.41, 5.74) is 0. The van der Waals surface area contributed by atoms with Gasteiger partial charge in [0, 0.05) is 19.6 Å². The number of methoxy groups -OCH3 is 1. The van der Waals surface area contributed by atoms with Crippen molar-refractivity contribution in [3.63, 3.8) is 0 Å². The van der Waals surface area contributed by atoms with Gasteiger partial charge in [0.2, 0.25) is 0 Å². The molecular weight excluding hydrogens is 178 g/mol. The molecule has 0 aromatic carbocycles. The maximum atomic E-state index is 5.40. The van der Waals surface area contributed by atoms with Crippen molar-refractivity contribution in [1.29, 1.82) is 0 Å². The van der Waals surface area contributed by atoms with Crippen molar-refractivity contribution in [3.8, 4) is 0 Å². The highest BCUT2D eigenvalue weighted by molar-refractivity contribution is 5.01. The summed E-state index contributed by atoms with van der Waals surface area (Å²) in [6.07, 6.45) is 3.82. The lowest BCUT2D eigenvalue weighted by molar-refractivity contribution is 0.0662. The van der Waals surface area contributed by atoms with E-state index < -0.39 is 0 Å². The Morgan fingerprint density at radius 2 is 2.36 bits per heavy atom. The third-order valence-corrected chi connectivity index (χ3v) is 2.53. The molecule has 0 amide bonds. The molecule has 1 aromatic rings. The number of hydrogen-bond donors (Lipinski definition) is 1. The summed E-state index contributed by atoms with van der Waals surface area (Å²) >= 11 is 0. The first-order valence-electron chi connectivity index (χ1n) is 5.04. The maximum absolute atomic E-state index is 5.40. The fourth-order valence-electron chi connectivity index (χ4n) is 1.68. The van der Waals surface area contributed by atoms with Crippen molar-refractivity contribution in [2.45, 2.75) is 31.9 Å². The van der Waals surface area contributed by atoms with Crippen LogP contribution in [0.25, 0.3) is 0 Å². The predicted octanol–water partition coefficient (Wildman–Crippen LogP) is 1.84. The van der Waals surface area contributed by atoms with Gasteiger partial charge in [-0.2, -0.15) is 0 Å². The van der Waals surface area contributed by atoms with E-state index in [4.69, 9.17) is 9.15 Å². The molecule has 3 nitrogen and oxygen atoms in total. The van der Waals surface area contributed by atoms with Gasteiger partial charge in [0.05, 0.1) is 12.4 Å². The van der Waals surface area contributed by atoms with E-state index in [2.05, 4.69) is 12.2 Å². The Bertz CT molecular complexity index is 229. The number of rotatable bonds is 6. The van der Waals surface area contributed by atoms with Crippen LogP contribution >= 0.6 is 0 Å². The highest BCUT2D eigenvalue weighted by Crippen LogP contribution is 2.10. The van der Waals surface area contributed by atoms with Crippen LogP contribution in [0.5, 0.6) is 0 Å². The average molecular weight is 197 g/mol. The van der Waals surface area contributed by atoms with Crippen LogP contribution in [0, 0.1) is 0 Å². The lowest BCUT2D eigenvalue weighted by Crippen LogP contribution is -2.40. The molecule has 2 unspecified atom stereocenters. The van der Waals surface area contributed by atoms with Crippen molar-refractivity contribution in [2.75, 3.05) is 14.2 Å². The number of hydrogen-bond acceptors (Lipinski definition) is 3. The second-order valence-corrected chi connectivity index (χ2v) is 3.36. The van der Waals surface area contributed by atoms with E-state index in [0.29, 0.717) is 6.04 Å². The second kappa shape index (κ2) is 5.83. The third kappa shape index (κ3) is 2.86. The molecule has 0 spiro atoms. The number of ether oxygens (including phenoxy) is 1. The molecule has 0 aliphatic carbocycles. The van der Waals surface area contributed by atoms with Crippen molar-refractivity contribution >= 4 is 0 Å². The van der Waals surface area contributed by atoms with E-state index in [1.165, 1.54) is 0 Å². The highest BCUT2D eigenvalue weighted by Gasteiger charge is 2.18. The summed E-state index contributed by atoms with van der Waals surface area (Å²) in [4.78, 5) is 0. The molecule has 1 aromatic heterocycles. The fraction of sp³-hybridized carbons (Fsp3) is 0.636. The standard InChI is InChI=1S/C11H19NO2/c1-4-11(13-3)10(12-2)8-9-6-5-7-14-9/h5-7,10-12H,4,8H2,1-3H3. The Hall–Kier alpha value is -0.800. The molecule has 14 heavy (non-hydrogen) atoms. The minimum atomic E-state index is 0.241. The molecule has 80 valence electrons. The lowest BCUT2D eigenvalue weighted by atomic mass is 10.0. The number of furan rings is 1. The monoisotopic (exact) mass is 197 g/mol. The van der Waals surface area contributed by atoms with E-state index in [1.54, 1.807) is 13.4 Å². The first-order valence-corrected chi connectivity index (χ1v) is 5.04. The van der Waals surface area contributed by atoms with E-state index >= 15 is 0 Å². The Morgan fingerprint density at radius 3 is 2.79 bits per heavy atom. The van der Waals surface area contributed by atoms with Gasteiger partial charge in [-0.3, -0.25) is 0 Å². The molecule has 1 heterocycles. The molecule has 1 N–H and O–H groups in total. The largest absolute Gasteiger partial charge is 0.469 e. The van der Waals surface area contributed by atoms with Crippen molar-refractivity contribution < 1.29 is 9.15 Å². The number of likely N-dealkylation sites (N-methyl/N-ethyl adjacent to an activating group) is 1. The molecule has 1 rings (SSSR count). The molecule has 0 aliphatic rings. The number of nitrogens with one attached hydrogen (secondary N) is 1. The molecule has 3 heteroatoms. The predicted molar refractivity (Wildman–Crippen MR) is 56.3 cm³/mol. The Labute approximate surface area is 85.4 Å². The lowest BCUT2D eigenvalue weighted by Gasteiger charge is -2.23. The van der Waals surface area contributed by atoms with Crippen molar-refractivity contribution in [3.05, 3.63) is 24.2 Å². The van der Waals surface area contributed by atoms with E-state index in [0.717, 1.165) is 18.6 Å². The quantitative estimate of drug-likeness (QED) is 0.755. The van der Waals surface area contributed by atoms with E-state index in [1.807, 2.05) is 19.2 Å². The van der Waals surface area contributed by atoms with E-state index in [-0.39, 0.29) is 6.10 Å². The zero-order valence-electron chi connectivity index (χ0n) is 9.12. The van der Waals surface area contributed by atoms with Gasteiger partial charge in [0.25, 0.3) is 0 Å². The smallest absolute Gasteiger partial charge is 0.105 e. The normalized spacial score (nSPS) is 15.4. The first kappa shape index (κ1) is 11.3. The van der Waals surface area contributed by atoms with Gasteiger partial charge in [-0.25, -0.2) is 0 Å². The van der Waals surface area contributed by atoms with E-state index in [9.17, 15) is 0 Å². The van der Waals surface area contributed by atoms with Crippen LogP contribution < -0.4 is 5.32 Å². The molecule has 0 aliphatic heterocycles. The molecule has 0 saturated carbocycles. The first-order chi connectivity index (χ1) is 6.81. The highest BCUT2D eigenvalue weighted by atomic mass is 16.5. The zero-order valence-corrected chi connectivity index (χ0v) is 9.12. The Morgan fingerprint density at radius 1 is 1.57 bits per heavy atom. The third-order valence-electron chi connectivity index (χ3n) is 2.53. The van der Waals surface area contributed by atoms with Crippen LogP contribution in [-0.4, -0.2) is 26.3 Å². The molecule has 2 atom stereocenters. The average Bonchev–Trinajstić information content (AvgIpc) is 2.70. The van der Waals surface area contributed by atoms with Crippen LogP contribution in [0.4, 0.5) is 0 Å². The van der Waals surface area contributed by atoms with Crippen molar-refractivity contribution in [1.82, 2.24) is 5.32 Å². The van der Waals surface area contributed by atoms with Crippen LogP contribution in [0.3, 0.4) is 0 Å². The molecule has 0 radical (unpaired) electrons. The van der Waals surface area contributed by atoms with Gasteiger partial charge in [0.15, 0.2) is 0 Å². The molecule has 0 bridgehead atoms. The van der Waals surface area contributed by atoms with Gasteiger partial charge in [-0.05, 0) is 25.6 Å². The molecule has 0 saturated heterocycles. The van der Waals surface area contributed by atoms with Gasteiger partial charge in [-0.1, -0.05) is 6.92 Å². The fourth-order valence-corrected chi connectivity index (χ4v) is 1.68. The van der Waals surface area contributed by atoms with Crippen LogP contribution in [0.15, 0.2) is 22.8 Å². The summed E-state index contributed by atoms with van der Waals surface area (Å²) in [5.74, 6) is 1.000. The second-order valence-electron chi connectivity index (χ2n) is 3.36. The van der Waals surface area contributed by atoms with Crippen LogP contribution in [0.1, 0.15) is 19.1 Å². The Kier molecular flexibility index (Phi) is 4.70. The zero-order chi connectivity index (χ0) is 10.4. The molecule has 0 fully saturated rings. The SMILES string of the molecule is CCC(OC)C(Cc1ccco1)NC. The summed E-state index contributed by atoms with van der Waals surface area (Å²) in [6.45, 7) is 2.13. The summed E-state index contributed by atoms with van der Waals surface area (Å²) in [7, 11) is 3.70. The van der Waals surface area contributed by atoms with Gasteiger partial charge in [0.1, 0.15) is 5.76 Å². The molecular formula is C11H19NO2. The van der Waals surface area contributed by atoms with Gasteiger partial charge >= 0.3 is 0 Å². The van der Waals surface area contributed by atoms with Crippen LogP contribution in [-0.2, 0) is 11.2 Å². The Balaban J connectivity index is 2.53. The summed E-state index contributed by atoms with van der Waals surface area (Å²) in [6, 6.07) is 4.22. The van der Waals surface area contributed by atoms with Gasteiger partial charge in [-0.15, -0.1) is 0 Å². The summed E-state index contributed by atoms with van der Waals surface area (Å²) < 4.78 is 10.7. The van der Waals surface area contributed by atoms with Gasteiger partial charge < -0.3 is 14.5 Å². The van der Waals surface area contributed by atoms with Crippen molar-refractivity contribution in [2.24, 2.45) is 0 Å². The maximum Gasteiger partial charge on any atom is 0.105 e. The minimum Gasteiger partial charge on any atom is -0.469 e.